The summed E-state index contributed by atoms with van der Waals surface area (Å²) in [4.78, 5) is 26.2. The fourth-order valence-corrected chi connectivity index (χ4v) is 0.956. The molecule has 6 nitrogen and oxygen atoms in total. The van der Waals surface area contributed by atoms with Gasteiger partial charge in [0.05, 0.1) is 0 Å². The van der Waals surface area contributed by atoms with E-state index >= 15 is 0 Å². The van der Waals surface area contributed by atoms with Gasteiger partial charge < -0.3 is 4.90 Å². The summed E-state index contributed by atoms with van der Waals surface area (Å²) in [6.07, 6.45) is 1.42. The van der Waals surface area contributed by atoms with E-state index in [1.807, 2.05) is 19.0 Å². The fourth-order valence-electron chi connectivity index (χ4n) is 0.956. The van der Waals surface area contributed by atoms with Crippen LogP contribution in [-0.4, -0.2) is 26.1 Å². The molecule has 0 unspecified atom stereocenters. The molecule has 14 heavy (non-hydrogen) atoms. The zero-order chi connectivity index (χ0) is 10.6. The average molecular weight is 192 g/mol. The SMILES string of the molecule is CN(C)c1ccc(B(N=O)N=O)cn1. The van der Waals surface area contributed by atoms with Crippen molar-refractivity contribution in [2.24, 2.45) is 10.2 Å². The lowest BCUT2D eigenvalue weighted by atomic mass is 9.72. The van der Waals surface area contributed by atoms with E-state index in [1.165, 1.54) is 6.20 Å². The first-order valence-electron chi connectivity index (χ1n) is 3.97. The van der Waals surface area contributed by atoms with Gasteiger partial charge in [0, 0.05) is 20.3 Å². The van der Waals surface area contributed by atoms with Gasteiger partial charge in [-0.05, 0) is 11.5 Å². The molecule has 1 rings (SSSR count). The third-order valence-corrected chi connectivity index (χ3v) is 1.73. The molecule has 1 heterocycles. The molecule has 0 fully saturated rings. The highest BCUT2D eigenvalue weighted by Crippen LogP contribution is 2.03. The number of anilines is 1. The van der Waals surface area contributed by atoms with E-state index in [1.54, 1.807) is 12.1 Å². The van der Waals surface area contributed by atoms with Crippen LogP contribution in [0, 0.1) is 9.81 Å². The average Bonchev–Trinajstić information content (AvgIpc) is 2.20. The molecular weight excluding hydrogens is 183 g/mol. The number of rotatable bonds is 4. The molecule has 0 spiro atoms. The highest BCUT2D eigenvalue weighted by atomic mass is 16.3. The maximum atomic E-state index is 10.2. The third kappa shape index (κ3) is 2.12. The van der Waals surface area contributed by atoms with Crippen molar-refractivity contribution in [1.82, 2.24) is 4.98 Å². The highest BCUT2D eigenvalue weighted by Gasteiger charge is 2.21. The number of aromatic nitrogens is 1. The minimum Gasteiger partial charge on any atom is -0.363 e. The van der Waals surface area contributed by atoms with Crippen LogP contribution in [0.1, 0.15) is 0 Å². The lowest BCUT2D eigenvalue weighted by Crippen LogP contribution is -2.26. The molecule has 0 radical (unpaired) electrons. The Bertz CT molecular complexity index is 319. The molecule has 7 heteroatoms. The molecule has 0 aliphatic carbocycles. The Morgan fingerprint density at radius 1 is 1.29 bits per heavy atom. The van der Waals surface area contributed by atoms with E-state index in [9.17, 15) is 9.81 Å². The smallest absolute Gasteiger partial charge is 0.363 e. The third-order valence-electron chi connectivity index (χ3n) is 1.73. The van der Waals surface area contributed by atoms with Crippen LogP contribution in [0.4, 0.5) is 5.82 Å². The molecule has 72 valence electrons. The van der Waals surface area contributed by atoms with Gasteiger partial charge in [-0.3, -0.25) is 0 Å². The standard InChI is InChI=1S/C7H9BN4O2/c1-12(2)7-4-3-6(5-9-7)8(10-13)11-14/h3-5H,1-2H3. The van der Waals surface area contributed by atoms with Crippen molar-refractivity contribution in [2.45, 2.75) is 0 Å². The van der Waals surface area contributed by atoms with Gasteiger partial charge >= 0.3 is 6.98 Å². The monoisotopic (exact) mass is 192 g/mol. The molecular formula is C7H9BN4O2. The second-order valence-corrected chi connectivity index (χ2v) is 2.93. The molecule has 0 amide bonds. The molecule has 0 bridgehead atoms. The van der Waals surface area contributed by atoms with Gasteiger partial charge in [-0.2, -0.15) is 9.81 Å². The van der Waals surface area contributed by atoms with Gasteiger partial charge in [-0.15, -0.1) is 0 Å². The molecule has 0 aliphatic rings. The van der Waals surface area contributed by atoms with Crippen molar-refractivity contribution in [2.75, 3.05) is 19.0 Å². The van der Waals surface area contributed by atoms with Gasteiger partial charge in [0.2, 0.25) is 0 Å². The largest absolute Gasteiger partial charge is 0.550 e. The Morgan fingerprint density at radius 3 is 2.29 bits per heavy atom. The van der Waals surface area contributed by atoms with Gasteiger partial charge in [0.15, 0.2) is 0 Å². The van der Waals surface area contributed by atoms with Crippen molar-refractivity contribution in [3.63, 3.8) is 0 Å². The van der Waals surface area contributed by atoms with Gasteiger partial charge in [0.1, 0.15) is 5.82 Å². The minimum absolute atomic E-state index is 0.403. The molecule has 0 aliphatic heterocycles. The maximum absolute atomic E-state index is 10.2. The summed E-state index contributed by atoms with van der Waals surface area (Å²) in [7, 11) is 3.69. The summed E-state index contributed by atoms with van der Waals surface area (Å²) in [5.41, 5.74) is 0.403. The van der Waals surface area contributed by atoms with Gasteiger partial charge in [-0.1, -0.05) is 16.2 Å². The number of pyridine rings is 1. The van der Waals surface area contributed by atoms with Crippen molar-refractivity contribution in [1.29, 1.82) is 0 Å². The van der Waals surface area contributed by atoms with E-state index in [0.717, 1.165) is 5.82 Å². The molecule has 0 N–H and O–H groups in total. The van der Waals surface area contributed by atoms with Crippen LogP contribution in [0.15, 0.2) is 28.5 Å². The van der Waals surface area contributed by atoms with Gasteiger partial charge in [0.25, 0.3) is 0 Å². The molecule has 0 saturated carbocycles. The zero-order valence-electron chi connectivity index (χ0n) is 7.91. The van der Waals surface area contributed by atoms with Crippen LogP contribution < -0.4 is 10.4 Å². The molecule has 1 aromatic heterocycles. The van der Waals surface area contributed by atoms with Crippen LogP contribution in [0.2, 0.25) is 0 Å². The number of nitrogens with zero attached hydrogens (tertiary/aromatic N) is 4. The van der Waals surface area contributed by atoms with Crippen LogP contribution in [0.5, 0.6) is 0 Å². The van der Waals surface area contributed by atoms with Crippen LogP contribution in [-0.2, 0) is 0 Å². The molecule has 0 atom stereocenters. The van der Waals surface area contributed by atoms with E-state index in [0.29, 0.717) is 5.46 Å². The Hall–Kier alpha value is -1.79. The maximum Gasteiger partial charge on any atom is 0.550 e. The highest BCUT2D eigenvalue weighted by molar-refractivity contribution is 6.69. The summed E-state index contributed by atoms with van der Waals surface area (Å²) in [6.45, 7) is -1.20. The quantitative estimate of drug-likeness (QED) is 0.510. The number of hydrogen-bond acceptors (Lipinski definition) is 6. The fraction of sp³-hybridized carbons (Fsp3) is 0.286. The second kappa shape index (κ2) is 4.45. The Morgan fingerprint density at radius 2 is 1.93 bits per heavy atom. The topological polar surface area (TPSA) is 75.0 Å². The number of hydrogen-bond donors (Lipinski definition) is 0. The molecule has 1 aromatic rings. The summed E-state index contributed by atoms with van der Waals surface area (Å²) < 4.78 is 0. The second-order valence-electron chi connectivity index (χ2n) is 2.93. The Labute approximate surface area is 81.4 Å². The Kier molecular flexibility index (Phi) is 3.27. The molecule has 0 saturated heterocycles. The lowest BCUT2D eigenvalue weighted by molar-refractivity contribution is 1.07. The van der Waals surface area contributed by atoms with E-state index in [4.69, 9.17) is 0 Å². The summed E-state index contributed by atoms with van der Waals surface area (Å²) in [6, 6.07) is 3.30. The van der Waals surface area contributed by atoms with Crippen molar-refractivity contribution < 1.29 is 0 Å². The predicted molar refractivity (Wildman–Crippen MR) is 55.5 cm³/mol. The van der Waals surface area contributed by atoms with E-state index < -0.39 is 6.98 Å². The lowest BCUT2D eigenvalue weighted by Gasteiger charge is -2.10. The van der Waals surface area contributed by atoms with Gasteiger partial charge in [-0.25, -0.2) is 4.98 Å². The summed E-state index contributed by atoms with van der Waals surface area (Å²) in [5, 5.41) is 5.14. The Balaban J connectivity index is 2.92. The predicted octanol–water partition coefficient (Wildman–Crippen LogP) is 0.376. The van der Waals surface area contributed by atoms with Crippen molar-refractivity contribution in [3.05, 3.63) is 28.1 Å². The normalized spacial score (nSPS) is 9.29. The zero-order valence-corrected chi connectivity index (χ0v) is 7.91. The first-order chi connectivity index (χ1) is 6.69. The van der Waals surface area contributed by atoms with Crippen LogP contribution in [0.25, 0.3) is 0 Å². The number of nitroso groups, excluding NO2 is 2. The van der Waals surface area contributed by atoms with Crippen LogP contribution >= 0.6 is 0 Å². The van der Waals surface area contributed by atoms with Crippen LogP contribution in [0.3, 0.4) is 0 Å². The first kappa shape index (κ1) is 10.3. The van der Waals surface area contributed by atoms with Crippen molar-refractivity contribution >= 4 is 18.3 Å². The molecule has 0 aromatic carbocycles. The van der Waals surface area contributed by atoms with E-state index in [-0.39, 0.29) is 0 Å². The summed E-state index contributed by atoms with van der Waals surface area (Å²) >= 11 is 0. The first-order valence-corrected chi connectivity index (χ1v) is 3.97. The minimum atomic E-state index is -1.20. The van der Waals surface area contributed by atoms with E-state index in [2.05, 4.69) is 15.2 Å². The summed E-state index contributed by atoms with van der Waals surface area (Å²) in [5.74, 6) is 0.740. The van der Waals surface area contributed by atoms with Crippen molar-refractivity contribution in [3.8, 4) is 0 Å².